The van der Waals surface area contributed by atoms with Crippen LogP contribution < -0.4 is 5.32 Å². The molecule has 0 radical (unpaired) electrons. The molecule has 1 N–H and O–H groups in total. The average Bonchev–Trinajstić information content (AvgIpc) is 2.44. The fourth-order valence-corrected chi connectivity index (χ4v) is 2.86. The van der Waals surface area contributed by atoms with Gasteiger partial charge in [0.15, 0.2) is 0 Å². The van der Waals surface area contributed by atoms with E-state index < -0.39 is 0 Å². The van der Waals surface area contributed by atoms with Gasteiger partial charge in [-0.2, -0.15) is 0 Å². The van der Waals surface area contributed by atoms with E-state index >= 15 is 0 Å². The van der Waals surface area contributed by atoms with E-state index in [9.17, 15) is 0 Å². The Morgan fingerprint density at radius 1 is 1.16 bits per heavy atom. The Morgan fingerprint density at radius 3 is 2.42 bits per heavy atom. The van der Waals surface area contributed by atoms with Crippen LogP contribution in [0.4, 0.5) is 0 Å². The molecule has 0 saturated carbocycles. The number of benzene rings is 1. The molecule has 108 valence electrons. The monoisotopic (exact) mass is 326 g/mol. The first kappa shape index (κ1) is 16.7. The molecule has 0 spiro atoms. The number of hydrogen-bond donors (Lipinski definition) is 1. The third-order valence-electron chi connectivity index (χ3n) is 3.55. The van der Waals surface area contributed by atoms with Gasteiger partial charge >= 0.3 is 0 Å². The number of nitrogens with zero attached hydrogens (tertiary/aromatic N) is 1. The van der Waals surface area contributed by atoms with Crippen molar-refractivity contribution in [3.8, 4) is 0 Å². The molecule has 0 aliphatic carbocycles. The highest BCUT2D eigenvalue weighted by Gasteiger charge is 2.14. The summed E-state index contributed by atoms with van der Waals surface area (Å²) >= 11 is 3.68. The predicted molar refractivity (Wildman–Crippen MR) is 87.6 cm³/mol. The molecule has 0 heterocycles. The molecule has 0 aromatic heterocycles. The zero-order chi connectivity index (χ0) is 14.1. The topological polar surface area (TPSA) is 15.3 Å². The minimum atomic E-state index is 0.441. The van der Waals surface area contributed by atoms with E-state index in [0.29, 0.717) is 6.04 Å². The molecule has 0 bridgehead atoms. The smallest absolute Gasteiger partial charge is 0.0343 e. The molecule has 1 aromatic rings. The first-order valence-electron chi connectivity index (χ1n) is 7.43. The molecule has 0 amide bonds. The minimum absolute atomic E-state index is 0.441. The molecule has 2 nitrogen and oxygen atoms in total. The fraction of sp³-hybridized carbons (Fsp3) is 0.625. The molecular formula is C16H27BrN2. The minimum Gasteiger partial charge on any atom is -0.310 e. The van der Waals surface area contributed by atoms with Crippen molar-refractivity contribution in [2.45, 2.75) is 39.7 Å². The third-order valence-corrected chi connectivity index (χ3v) is 4.27. The maximum atomic E-state index is 3.68. The van der Waals surface area contributed by atoms with Crippen molar-refractivity contribution in [3.63, 3.8) is 0 Å². The van der Waals surface area contributed by atoms with Crippen molar-refractivity contribution >= 4 is 15.9 Å². The van der Waals surface area contributed by atoms with Crippen LogP contribution in [0.5, 0.6) is 0 Å². The lowest BCUT2D eigenvalue weighted by molar-refractivity contribution is 0.281. The van der Waals surface area contributed by atoms with Crippen LogP contribution in [-0.4, -0.2) is 31.1 Å². The van der Waals surface area contributed by atoms with Crippen LogP contribution in [0.3, 0.4) is 0 Å². The summed E-state index contributed by atoms with van der Waals surface area (Å²) in [7, 11) is 0. The Morgan fingerprint density at radius 2 is 1.84 bits per heavy atom. The van der Waals surface area contributed by atoms with Crippen molar-refractivity contribution in [1.82, 2.24) is 10.2 Å². The maximum Gasteiger partial charge on any atom is 0.0343 e. The van der Waals surface area contributed by atoms with Crippen LogP contribution in [0.1, 0.15) is 45.2 Å². The van der Waals surface area contributed by atoms with Gasteiger partial charge in [0, 0.05) is 10.5 Å². The van der Waals surface area contributed by atoms with Gasteiger partial charge in [0.1, 0.15) is 0 Å². The summed E-state index contributed by atoms with van der Waals surface area (Å²) in [6, 6.07) is 9.00. The molecule has 1 aromatic carbocycles. The fourth-order valence-electron chi connectivity index (χ4n) is 2.30. The highest BCUT2D eigenvalue weighted by molar-refractivity contribution is 9.10. The van der Waals surface area contributed by atoms with Crippen LogP contribution in [0.25, 0.3) is 0 Å². The van der Waals surface area contributed by atoms with Gasteiger partial charge in [-0.15, -0.1) is 0 Å². The Labute approximate surface area is 126 Å². The lowest BCUT2D eigenvalue weighted by atomic mass is 10.0. The van der Waals surface area contributed by atoms with Crippen LogP contribution in [-0.2, 0) is 0 Å². The van der Waals surface area contributed by atoms with Gasteiger partial charge in [0.05, 0.1) is 0 Å². The zero-order valence-corrected chi connectivity index (χ0v) is 14.0. The molecule has 0 aliphatic rings. The van der Waals surface area contributed by atoms with E-state index in [2.05, 4.69) is 71.2 Å². The normalized spacial score (nSPS) is 12.9. The standard InChI is InChI=1S/C16H27BrN2/c1-4-12-18-16(11-13-19(5-2)6-3)14-9-7-8-10-15(14)17/h7-10,16,18H,4-6,11-13H2,1-3H3. The first-order valence-corrected chi connectivity index (χ1v) is 8.22. The molecule has 1 unspecified atom stereocenters. The van der Waals surface area contributed by atoms with Crippen LogP contribution >= 0.6 is 15.9 Å². The summed E-state index contributed by atoms with van der Waals surface area (Å²) in [4.78, 5) is 2.48. The number of hydrogen-bond acceptors (Lipinski definition) is 2. The lowest BCUT2D eigenvalue weighted by Gasteiger charge is -2.24. The molecule has 0 saturated heterocycles. The van der Waals surface area contributed by atoms with Crippen molar-refractivity contribution in [2.75, 3.05) is 26.2 Å². The second kappa shape index (κ2) is 9.51. The highest BCUT2D eigenvalue weighted by Crippen LogP contribution is 2.25. The lowest BCUT2D eigenvalue weighted by Crippen LogP contribution is -2.30. The zero-order valence-electron chi connectivity index (χ0n) is 12.5. The van der Waals surface area contributed by atoms with Gasteiger partial charge in [0.25, 0.3) is 0 Å². The molecule has 0 aliphatic heterocycles. The van der Waals surface area contributed by atoms with Crippen LogP contribution in [0.2, 0.25) is 0 Å². The molecule has 1 atom stereocenters. The Kier molecular flexibility index (Phi) is 8.35. The summed E-state index contributed by atoms with van der Waals surface area (Å²) in [5.74, 6) is 0. The van der Waals surface area contributed by atoms with Gasteiger partial charge < -0.3 is 10.2 Å². The predicted octanol–water partition coefficient (Wildman–Crippen LogP) is 4.22. The Bertz CT molecular complexity index is 350. The Hall–Kier alpha value is -0.380. The van der Waals surface area contributed by atoms with E-state index in [0.717, 1.165) is 32.6 Å². The maximum absolute atomic E-state index is 3.68. The Balaban J connectivity index is 2.69. The van der Waals surface area contributed by atoms with E-state index in [1.54, 1.807) is 0 Å². The second-order valence-electron chi connectivity index (χ2n) is 4.84. The van der Waals surface area contributed by atoms with Crippen molar-refractivity contribution in [3.05, 3.63) is 34.3 Å². The third kappa shape index (κ3) is 5.64. The number of nitrogens with one attached hydrogen (secondary N) is 1. The summed E-state index contributed by atoms with van der Waals surface area (Å²) in [6.45, 7) is 11.2. The van der Waals surface area contributed by atoms with Crippen LogP contribution in [0, 0.1) is 0 Å². The first-order chi connectivity index (χ1) is 9.22. The molecule has 19 heavy (non-hydrogen) atoms. The van der Waals surface area contributed by atoms with Gasteiger partial charge in [-0.1, -0.05) is 54.9 Å². The summed E-state index contributed by atoms with van der Waals surface area (Å²) in [5.41, 5.74) is 1.38. The van der Waals surface area contributed by atoms with Gasteiger partial charge in [-0.3, -0.25) is 0 Å². The van der Waals surface area contributed by atoms with Gasteiger partial charge in [-0.25, -0.2) is 0 Å². The van der Waals surface area contributed by atoms with E-state index in [1.807, 2.05) is 0 Å². The van der Waals surface area contributed by atoms with Crippen molar-refractivity contribution < 1.29 is 0 Å². The van der Waals surface area contributed by atoms with Gasteiger partial charge in [-0.05, 0) is 50.7 Å². The SMILES string of the molecule is CCCNC(CCN(CC)CC)c1ccccc1Br. The number of rotatable bonds is 9. The summed E-state index contributed by atoms with van der Waals surface area (Å²) < 4.78 is 1.21. The summed E-state index contributed by atoms with van der Waals surface area (Å²) in [5, 5.41) is 3.67. The summed E-state index contributed by atoms with van der Waals surface area (Å²) in [6.07, 6.45) is 2.33. The van der Waals surface area contributed by atoms with E-state index in [1.165, 1.54) is 16.5 Å². The van der Waals surface area contributed by atoms with Crippen LogP contribution in [0.15, 0.2) is 28.7 Å². The van der Waals surface area contributed by atoms with E-state index in [4.69, 9.17) is 0 Å². The van der Waals surface area contributed by atoms with Gasteiger partial charge in [0.2, 0.25) is 0 Å². The molecule has 1 rings (SSSR count). The second-order valence-corrected chi connectivity index (χ2v) is 5.70. The van der Waals surface area contributed by atoms with E-state index in [-0.39, 0.29) is 0 Å². The average molecular weight is 327 g/mol. The molecule has 3 heteroatoms. The number of halogens is 1. The highest BCUT2D eigenvalue weighted by atomic mass is 79.9. The quantitative estimate of drug-likeness (QED) is 0.730. The van der Waals surface area contributed by atoms with Crippen molar-refractivity contribution in [1.29, 1.82) is 0 Å². The largest absolute Gasteiger partial charge is 0.310 e. The molecule has 0 fully saturated rings. The van der Waals surface area contributed by atoms with Crippen molar-refractivity contribution in [2.24, 2.45) is 0 Å². The molecular weight excluding hydrogens is 300 g/mol.